The molecule has 2 N–H and O–H groups in total. The fourth-order valence-electron chi connectivity index (χ4n) is 2.25. The molecule has 0 bridgehead atoms. The Labute approximate surface area is 144 Å². The van der Waals surface area contributed by atoms with Crippen LogP contribution in [0.15, 0.2) is 35.3 Å². The maximum Gasteiger partial charge on any atom is 0.356 e. The van der Waals surface area contributed by atoms with Gasteiger partial charge in [0.1, 0.15) is 5.82 Å². The first-order valence-corrected chi connectivity index (χ1v) is 8.83. The molecule has 0 fully saturated rings. The Balaban J connectivity index is 2.51. The van der Waals surface area contributed by atoms with E-state index in [2.05, 4.69) is 15.3 Å². The molecule has 0 saturated heterocycles. The van der Waals surface area contributed by atoms with E-state index in [4.69, 9.17) is 18.5 Å². The van der Waals surface area contributed by atoms with Crippen molar-refractivity contribution in [1.29, 1.82) is 0 Å². The third-order valence-corrected chi connectivity index (χ3v) is 5.59. The van der Waals surface area contributed by atoms with Crippen LogP contribution in [0.4, 0.5) is 5.82 Å². The zero-order valence-corrected chi connectivity index (χ0v) is 15.2. The van der Waals surface area contributed by atoms with Gasteiger partial charge in [-0.3, -0.25) is 9.55 Å². The number of nitrogens with one attached hydrogen (secondary N) is 2. The summed E-state index contributed by atoms with van der Waals surface area (Å²) in [6, 6.07) is 6.56. The molecule has 0 spiro atoms. The Morgan fingerprint density at radius 2 is 1.76 bits per heavy atom. The Bertz CT molecular complexity index is 817. The monoisotopic (exact) mass is 369 g/mol. The lowest BCUT2D eigenvalue weighted by Gasteiger charge is -2.26. The molecule has 1 atom stereocenters. The molecular weight excluding hydrogens is 349 g/mol. The Morgan fingerprint density at radius 1 is 1.08 bits per heavy atom. The predicted molar refractivity (Wildman–Crippen MR) is 92.4 cm³/mol. The zero-order chi connectivity index (χ0) is 18.4. The van der Waals surface area contributed by atoms with E-state index < -0.39 is 19.1 Å². The summed E-state index contributed by atoms with van der Waals surface area (Å²) in [5.41, 5.74) is 0.0167. The molecule has 1 aromatic heterocycles. The minimum absolute atomic E-state index is 0.314. The van der Waals surface area contributed by atoms with Gasteiger partial charge in [0.15, 0.2) is 17.3 Å². The summed E-state index contributed by atoms with van der Waals surface area (Å²) in [6.45, 7) is 0. The fraction of sp³-hybridized carbons (Fsp3) is 0.333. The lowest BCUT2D eigenvalue weighted by atomic mass is 10.2. The zero-order valence-electron chi connectivity index (χ0n) is 14.3. The maximum absolute atomic E-state index is 13.0. The summed E-state index contributed by atoms with van der Waals surface area (Å²) >= 11 is 0. The molecule has 1 unspecified atom stereocenters. The number of methoxy groups -OCH3 is 2. The molecule has 0 aliphatic rings. The number of nitrogens with zero attached hydrogens (tertiary/aromatic N) is 1. The molecule has 0 saturated carbocycles. The minimum Gasteiger partial charge on any atom is -0.493 e. The largest absolute Gasteiger partial charge is 0.493 e. The number of anilines is 1. The van der Waals surface area contributed by atoms with Crippen LogP contribution in [-0.4, -0.2) is 38.4 Å². The van der Waals surface area contributed by atoms with Gasteiger partial charge in [-0.25, -0.2) is 9.78 Å². The fourth-order valence-corrected chi connectivity index (χ4v) is 3.65. The number of ether oxygens (including phenoxy) is 2. The van der Waals surface area contributed by atoms with Gasteiger partial charge in [0.05, 0.1) is 14.2 Å². The number of aromatic nitrogens is 2. The number of hydrogen-bond donors (Lipinski definition) is 2. The highest BCUT2D eigenvalue weighted by Crippen LogP contribution is 2.60. The molecule has 136 valence electrons. The summed E-state index contributed by atoms with van der Waals surface area (Å²) in [7, 11) is 1.99. The lowest BCUT2D eigenvalue weighted by molar-refractivity contribution is 0.268. The van der Waals surface area contributed by atoms with Gasteiger partial charge in [0.25, 0.3) is 0 Å². The van der Waals surface area contributed by atoms with Crippen molar-refractivity contribution in [3.63, 3.8) is 0 Å². The van der Waals surface area contributed by atoms with Crippen LogP contribution in [0.25, 0.3) is 0 Å². The van der Waals surface area contributed by atoms with Crippen molar-refractivity contribution in [2.24, 2.45) is 0 Å². The molecule has 2 aromatic rings. The first-order valence-electron chi connectivity index (χ1n) is 7.22. The van der Waals surface area contributed by atoms with Crippen LogP contribution in [0, 0.1) is 0 Å². The Hall–Kier alpha value is -2.35. The van der Waals surface area contributed by atoms with Gasteiger partial charge in [0.2, 0.25) is 0 Å². The van der Waals surface area contributed by atoms with E-state index in [0.717, 1.165) is 0 Å². The highest BCUT2D eigenvalue weighted by atomic mass is 31.2. The van der Waals surface area contributed by atoms with Crippen LogP contribution in [0.5, 0.6) is 11.5 Å². The van der Waals surface area contributed by atoms with Crippen LogP contribution < -0.4 is 20.5 Å². The van der Waals surface area contributed by atoms with Crippen molar-refractivity contribution in [3.8, 4) is 11.5 Å². The van der Waals surface area contributed by atoms with Crippen molar-refractivity contribution in [1.82, 2.24) is 9.97 Å². The Morgan fingerprint density at radius 3 is 2.32 bits per heavy atom. The molecule has 0 aliphatic heterocycles. The van der Waals surface area contributed by atoms with Crippen LogP contribution >= 0.6 is 7.60 Å². The smallest absolute Gasteiger partial charge is 0.356 e. The molecule has 10 heteroatoms. The predicted octanol–water partition coefficient (Wildman–Crippen LogP) is 2.38. The molecular formula is C15H20N3O6P. The molecule has 9 nitrogen and oxygen atoms in total. The van der Waals surface area contributed by atoms with Crippen molar-refractivity contribution >= 4 is 13.4 Å². The third kappa shape index (κ3) is 4.19. The number of benzene rings is 1. The normalized spacial score (nSPS) is 12.5. The van der Waals surface area contributed by atoms with E-state index in [1.807, 2.05) is 0 Å². The van der Waals surface area contributed by atoms with Crippen molar-refractivity contribution in [3.05, 3.63) is 46.5 Å². The summed E-state index contributed by atoms with van der Waals surface area (Å²) in [4.78, 5) is 17.5. The minimum atomic E-state index is -3.60. The first-order chi connectivity index (χ1) is 12.0. The van der Waals surface area contributed by atoms with Gasteiger partial charge in [-0.2, -0.15) is 0 Å². The van der Waals surface area contributed by atoms with Gasteiger partial charge in [0, 0.05) is 20.4 Å². The molecule has 25 heavy (non-hydrogen) atoms. The van der Waals surface area contributed by atoms with Crippen molar-refractivity contribution < 1.29 is 23.1 Å². The van der Waals surface area contributed by atoms with E-state index in [-0.39, 0.29) is 0 Å². The lowest BCUT2D eigenvalue weighted by Crippen LogP contribution is -2.18. The maximum atomic E-state index is 13.0. The van der Waals surface area contributed by atoms with Crippen LogP contribution in [0.3, 0.4) is 0 Å². The summed E-state index contributed by atoms with van der Waals surface area (Å²) < 4.78 is 33.8. The standard InChI is InChI=1S/C15H20N3O6P/c1-21-11-6-5-10(9-12(11)22-2)14(25(20,23-3)24-4)17-13-7-8-16-15(19)18-13/h5-9,14H,1-4H3,(H2,16,17,18,19). The van der Waals surface area contributed by atoms with Gasteiger partial charge >= 0.3 is 13.3 Å². The highest BCUT2D eigenvalue weighted by Gasteiger charge is 2.36. The van der Waals surface area contributed by atoms with Gasteiger partial charge in [-0.1, -0.05) is 6.07 Å². The topological polar surface area (TPSA) is 112 Å². The second kappa shape index (κ2) is 8.15. The number of H-pyrrole nitrogens is 1. The number of hydrogen-bond acceptors (Lipinski definition) is 8. The first kappa shape index (κ1) is 19.0. The molecule has 0 radical (unpaired) electrons. The van der Waals surface area contributed by atoms with Gasteiger partial charge in [-0.15, -0.1) is 0 Å². The van der Waals surface area contributed by atoms with E-state index >= 15 is 0 Å². The van der Waals surface area contributed by atoms with E-state index in [0.29, 0.717) is 22.9 Å². The van der Waals surface area contributed by atoms with Crippen LogP contribution in [-0.2, 0) is 13.6 Å². The van der Waals surface area contributed by atoms with Gasteiger partial charge in [-0.05, 0) is 23.8 Å². The summed E-state index contributed by atoms with van der Waals surface area (Å²) in [5, 5.41) is 2.96. The SMILES string of the molecule is COc1ccc(C(Nc2ccnc(=O)[nH]2)P(=O)(OC)OC)cc1OC. The van der Waals surface area contributed by atoms with E-state index in [1.54, 1.807) is 18.2 Å². The third-order valence-electron chi connectivity index (χ3n) is 3.52. The molecule has 0 amide bonds. The van der Waals surface area contributed by atoms with Gasteiger partial charge < -0.3 is 23.8 Å². The molecule has 1 heterocycles. The van der Waals surface area contributed by atoms with E-state index in [1.165, 1.54) is 40.7 Å². The molecule has 0 aliphatic carbocycles. The van der Waals surface area contributed by atoms with Crippen LogP contribution in [0.1, 0.15) is 11.3 Å². The average molecular weight is 369 g/mol. The highest BCUT2D eigenvalue weighted by molar-refractivity contribution is 7.54. The number of rotatable bonds is 8. The average Bonchev–Trinajstić information content (AvgIpc) is 2.65. The second-order valence-electron chi connectivity index (χ2n) is 4.85. The van der Waals surface area contributed by atoms with E-state index in [9.17, 15) is 9.36 Å². The van der Waals surface area contributed by atoms with Crippen molar-refractivity contribution in [2.75, 3.05) is 33.8 Å². The molecule has 2 rings (SSSR count). The summed E-state index contributed by atoms with van der Waals surface area (Å²) in [5.74, 6) is 0.384. The molecule has 1 aromatic carbocycles. The second-order valence-corrected chi connectivity index (χ2v) is 7.18. The quantitative estimate of drug-likeness (QED) is 0.682. The summed E-state index contributed by atoms with van der Waals surface area (Å²) in [6.07, 6.45) is 1.33. The Kier molecular flexibility index (Phi) is 6.19. The number of aromatic amines is 1. The van der Waals surface area contributed by atoms with Crippen LogP contribution in [0.2, 0.25) is 0 Å². The van der Waals surface area contributed by atoms with Crippen molar-refractivity contribution in [2.45, 2.75) is 5.78 Å².